The summed E-state index contributed by atoms with van der Waals surface area (Å²) in [5, 5.41) is 3.03. The Bertz CT molecular complexity index is 621. The summed E-state index contributed by atoms with van der Waals surface area (Å²) in [5.74, 6) is -0.646. The first-order valence-electron chi connectivity index (χ1n) is 5.90. The second-order valence-electron chi connectivity index (χ2n) is 4.07. The molecule has 0 spiro atoms. The van der Waals surface area contributed by atoms with Crippen LogP contribution in [0.1, 0.15) is 20.7 Å². The number of hydrogen-bond donors (Lipinski definition) is 1. The molecule has 0 aliphatic carbocycles. The van der Waals surface area contributed by atoms with Crippen LogP contribution in [-0.2, 0) is 0 Å². The number of carbonyl (C=O) groups excluding carboxylic acids is 2. The molecule has 0 aliphatic rings. The molecule has 20 heavy (non-hydrogen) atoms. The summed E-state index contributed by atoms with van der Waals surface area (Å²) in [6, 6.07) is 13.5. The van der Waals surface area contributed by atoms with E-state index in [0.717, 1.165) is 0 Å². The zero-order valence-corrected chi connectivity index (χ0v) is 11.9. The highest BCUT2D eigenvalue weighted by Crippen LogP contribution is 2.23. The lowest BCUT2D eigenvalue weighted by Gasteiger charge is -2.07. The van der Waals surface area contributed by atoms with Crippen LogP contribution in [-0.4, -0.2) is 18.2 Å². The van der Waals surface area contributed by atoms with Crippen molar-refractivity contribution in [2.24, 2.45) is 0 Å². The zero-order valence-electron chi connectivity index (χ0n) is 10.4. The summed E-state index contributed by atoms with van der Waals surface area (Å²) in [6.45, 7) is -0.107. The smallest absolute Gasteiger partial charge is 0.254 e. The summed E-state index contributed by atoms with van der Waals surface area (Å²) in [7, 11) is 0. The predicted octanol–water partition coefficient (Wildman–Crippen LogP) is 3.61. The molecule has 0 radical (unpaired) electrons. The van der Waals surface area contributed by atoms with Crippen molar-refractivity contribution >= 4 is 34.9 Å². The molecule has 0 atom stereocenters. The molecule has 0 unspecified atom stereocenters. The van der Waals surface area contributed by atoms with Crippen molar-refractivity contribution in [3.8, 4) is 0 Å². The van der Waals surface area contributed by atoms with Gasteiger partial charge in [-0.1, -0.05) is 59.6 Å². The number of amides is 1. The van der Waals surface area contributed by atoms with Crippen LogP contribution < -0.4 is 5.32 Å². The Balaban J connectivity index is 2.05. The molecule has 0 saturated heterocycles. The van der Waals surface area contributed by atoms with Gasteiger partial charge in [0.25, 0.3) is 5.91 Å². The Morgan fingerprint density at radius 3 is 2.10 bits per heavy atom. The molecule has 0 aliphatic heterocycles. The summed E-state index contributed by atoms with van der Waals surface area (Å²) in [6.07, 6.45) is 0. The van der Waals surface area contributed by atoms with Crippen molar-refractivity contribution in [3.05, 3.63) is 69.7 Å². The third kappa shape index (κ3) is 3.38. The van der Waals surface area contributed by atoms with Crippen molar-refractivity contribution < 1.29 is 9.59 Å². The second kappa shape index (κ2) is 6.55. The molecule has 0 saturated carbocycles. The third-order valence-corrected chi connectivity index (χ3v) is 3.33. The minimum Gasteiger partial charge on any atom is -0.344 e. The Labute approximate surface area is 126 Å². The van der Waals surface area contributed by atoms with Gasteiger partial charge in [0, 0.05) is 5.56 Å². The summed E-state index contributed by atoms with van der Waals surface area (Å²) in [4.78, 5) is 23.9. The first-order chi connectivity index (χ1) is 9.59. The molecule has 0 fully saturated rings. The van der Waals surface area contributed by atoms with Gasteiger partial charge in [-0.2, -0.15) is 0 Å². The van der Waals surface area contributed by atoms with Crippen molar-refractivity contribution in [1.29, 1.82) is 0 Å². The highest BCUT2D eigenvalue weighted by atomic mass is 35.5. The Morgan fingerprint density at radius 1 is 0.900 bits per heavy atom. The Kier molecular flexibility index (Phi) is 4.77. The fraction of sp³-hybridized carbons (Fsp3) is 0.0667. The number of Topliss-reactive ketones (excluding diaryl/α,β-unsaturated/α-hetero) is 1. The quantitative estimate of drug-likeness (QED) is 0.877. The first kappa shape index (κ1) is 14.6. The summed E-state index contributed by atoms with van der Waals surface area (Å²) in [5.41, 5.74) is 0.717. The van der Waals surface area contributed by atoms with Gasteiger partial charge in [0.1, 0.15) is 0 Å². The SMILES string of the molecule is O=C(CNC(=O)c1c(Cl)cccc1Cl)c1ccccc1. The lowest BCUT2D eigenvalue weighted by molar-refractivity contribution is 0.0904. The van der Waals surface area contributed by atoms with Gasteiger partial charge in [-0.15, -0.1) is 0 Å². The van der Waals surface area contributed by atoms with Crippen LogP contribution in [0.4, 0.5) is 0 Å². The van der Waals surface area contributed by atoms with Crippen LogP contribution in [0, 0.1) is 0 Å². The van der Waals surface area contributed by atoms with E-state index in [1.165, 1.54) is 0 Å². The predicted molar refractivity (Wildman–Crippen MR) is 79.6 cm³/mol. The van der Waals surface area contributed by atoms with Crippen LogP contribution in [0.25, 0.3) is 0 Å². The maximum absolute atomic E-state index is 12.0. The summed E-state index contributed by atoms with van der Waals surface area (Å²) >= 11 is 11.9. The standard InChI is InChI=1S/C15H11Cl2NO2/c16-11-7-4-8-12(17)14(11)15(20)18-9-13(19)10-5-2-1-3-6-10/h1-8H,9H2,(H,18,20). The molecule has 3 nitrogen and oxygen atoms in total. The molecule has 2 aromatic rings. The van der Waals surface area contributed by atoms with Gasteiger partial charge >= 0.3 is 0 Å². The summed E-state index contributed by atoms with van der Waals surface area (Å²) < 4.78 is 0. The molecule has 0 bridgehead atoms. The fourth-order valence-corrected chi connectivity index (χ4v) is 2.26. The van der Waals surface area contributed by atoms with Crippen LogP contribution in [0.3, 0.4) is 0 Å². The van der Waals surface area contributed by atoms with E-state index in [-0.39, 0.29) is 27.9 Å². The molecule has 5 heteroatoms. The van der Waals surface area contributed by atoms with E-state index in [0.29, 0.717) is 5.56 Å². The number of nitrogens with one attached hydrogen (secondary N) is 1. The molecule has 1 amide bonds. The van der Waals surface area contributed by atoms with Crippen molar-refractivity contribution in [2.45, 2.75) is 0 Å². The normalized spacial score (nSPS) is 10.1. The van der Waals surface area contributed by atoms with Crippen LogP contribution in [0.2, 0.25) is 10.0 Å². The van der Waals surface area contributed by atoms with Crippen molar-refractivity contribution in [2.75, 3.05) is 6.54 Å². The van der Waals surface area contributed by atoms with Gasteiger partial charge in [-0.3, -0.25) is 9.59 Å². The topological polar surface area (TPSA) is 46.2 Å². The van der Waals surface area contributed by atoms with E-state index in [2.05, 4.69) is 5.32 Å². The number of hydrogen-bond acceptors (Lipinski definition) is 2. The van der Waals surface area contributed by atoms with Crippen molar-refractivity contribution in [3.63, 3.8) is 0 Å². The highest BCUT2D eigenvalue weighted by Gasteiger charge is 2.15. The molecule has 102 valence electrons. The van der Waals surface area contributed by atoms with E-state index in [1.807, 2.05) is 6.07 Å². The monoisotopic (exact) mass is 307 g/mol. The van der Waals surface area contributed by atoms with Gasteiger partial charge < -0.3 is 5.32 Å². The maximum atomic E-state index is 12.0. The lowest BCUT2D eigenvalue weighted by Crippen LogP contribution is -2.30. The van der Waals surface area contributed by atoms with E-state index >= 15 is 0 Å². The molecule has 0 aromatic heterocycles. The third-order valence-electron chi connectivity index (χ3n) is 2.70. The minimum atomic E-state index is -0.468. The van der Waals surface area contributed by atoms with E-state index in [9.17, 15) is 9.59 Å². The molecule has 2 aromatic carbocycles. The molecular weight excluding hydrogens is 297 g/mol. The average molecular weight is 308 g/mol. The number of benzene rings is 2. The number of halogens is 2. The van der Waals surface area contributed by atoms with Gasteiger partial charge in [-0.05, 0) is 12.1 Å². The average Bonchev–Trinajstić information content (AvgIpc) is 2.45. The van der Waals surface area contributed by atoms with E-state index < -0.39 is 5.91 Å². The largest absolute Gasteiger partial charge is 0.344 e. The Hall–Kier alpha value is -1.84. The maximum Gasteiger partial charge on any atom is 0.254 e. The first-order valence-corrected chi connectivity index (χ1v) is 6.65. The van der Waals surface area contributed by atoms with Crippen LogP contribution in [0.15, 0.2) is 48.5 Å². The van der Waals surface area contributed by atoms with Crippen LogP contribution >= 0.6 is 23.2 Å². The highest BCUT2D eigenvalue weighted by molar-refractivity contribution is 6.39. The van der Waals surface area contributed by atoms with Crippen molar-refractivity contribution in [1.82, 2.24) is 5.32 Å². The fourth-order valence-electron chi connectivity index (χ4n) is 1.69. The van der Waals surface area contributed by atoms with Gasteiger partial charge in [-0.25, -0.2) is 0 Å². The van der Waals surface area contributed by atoms with E-state index in [1.54, 1.807) is 42.5 Å². The molecule has 0 heterocycles. The van der Waals surface area contributed by atoms with Gasteiger partial charge in [0.05, 0.1) is 22.2 Å². The second-order valence-corrected chi connectivity index (χ2v) is 4.88. The van der Waals surface area contributed by atoms with Crippen LogP contribution in [0.5, 0.6) is 0 Å². The zero-order chi connectivity index (χ0) is 14.5. The number of carbonyl (C=O) groups is 2. The van der Waals surface area contributed by atoms with Gasteiger partial charge in [0.2, 0.25) is 0 Å². The van der Waals surface area contributed by atoms with Gasteiger partial charge in [0.15, 0.2) is 5.78 Å². The lowest BCUT2D eigenvalue weighted by atomic mass is 10.1. The molecule has 1 N–H and O–H groups in total. The molecule has 2 rings (SSSR count). The van der Waals surface area contributed by atoms with E-state index in [4.69, 9.17) is 23.2 Å². The minimum absolute atomic E-state index is 0.107. The number of rotatable bonds is 4. The molecular formula is C15H11Cl2NO2. The Morgan fingerprint density at radius 2 is 1.50 bits per heavy atom. The number of ketones is 1.